The average Bonchev–Trinajstić information content (AvgIpc) is 2.93. The first kappa shape index (κ1) is 12.3. The summed E-state index contributed by atoms with van der Waals surface area (Å²) in [4.78, 5) is 0. The van der Waals surface area contributed by atoms with E-state index in [0.717, 1.165) is 25.9 Å². The zero-order valence-corrected chi connectivity index (χ0v) is 10.7. The van der Waals surface area contributed by atoms with Gasteiger partial charge in [-0.05, 0) is 50.1 Å². The Balaban J connectivity index is 1.73. The Bertz CT molecular complexity index is 323. The van der Waals surface area contributed by atoms with Crippen LogP contribution in [0.4, 0.5) is 0 Å². The van der Waals surface area contributed by atoms with Gasteiger partial charge in [-0.2, -0.15) is 0 Å². The van der Waals surface area contributed by atoms with Crippen LogP contribution in [-0.4, -0.2) is 33.8 Å². The predicted molar refractivity (Wildman–Crippen MR) is 64.7 cm³/mol. The molecule has 0 amide bonds. The number of nitrogens with one attached hydrogen (secondary N) is 2. The highest BCUT2D eigenvalue weighted by Gasteiger charge is 2.33. The second-order valence-electron chi connectivity index (χ2n) is 5.30. The molecule has 0 aromatic heterocycles. The number of rotatable bonds is 5. The maximum atomic E-state index is 11.8. The standard InChI is InChI=1S/C11H22N2O2S/c1-9-6-11(9)7-13-16(14,15)8-10-2-4-12-5-3-10/h9-13H,2-8H2,1H3. The quantitative estimate of drug-likeness (QED) is 0.745. The zero-order valence-electron chi connectivity index (χ0n) is 9.91. The summed E-state index contributed by atoms with van der Waals surface area (Å²) in [6.07, 6.45) is 3.15. The fourth-order valence-corrected chi connectivity index (χ4v) is 3.87. The highest BCUT2D eigenvalue weighted by atomic mass is 32.2. The molecule has 2 N–H and O–H groups in total. The largest absolute Gasteiger partial charge is 0.317 e. The van der Waals surface area contributed by atoms with Crippen LogP contribution in [-0.2, 0) is 10.0 Å². The van der Waals surface area contributed by atoms with Gasteiger partial charge in [-0.25, -0.2) is 13.1 Å². The second kappa shape index (κ2) is 5.02. The van der Waals surface area contributed by atoms with Crippen LogP contribution in [0.3, 0.4) is 0 Å². The van der Waals surface area contributed by atoms with Crippen molar-refractivity contribution in [2.24, 2.45) is 17.8 Å². The average molecular weight is 246 g/mol. The van der Waals surface area contributed by atoms with Gasteiger partial charge >= 0.3 is 0 Å². The molecule has 4 nitrogen and oxygen atoms in total. The number of sulfonamides is 1. The van der Waals surface area contributed by atoms with Gasteiger partial charge in [0.1, 0.15) is 0 Å². The monoisotopic (exact) mass is 246 g/mol. The van der Waals surface area contributed by atoms with E-state index >= 15 is 0 Å². The van der Waals surface area contributed by atoms with Crippen LogP contribution in [0, 0.1) is 17.8 Å². The molecule has 5 heteroatoms. The predicted octanol–water partition coefficient (Wildman–Crippen LogP) is 0.561. The topological polar surface area (TPSA) is 58.2 Å². The molecule has 0 aromatic rings. The van der Waals surface area contributed by atoms with Gasteiger partial charge in [-0.3, -0.25) is 0 Å². The van der Waals surface area contributed by atoms with Crippen LogP contribution >= 0.6 is 0 Å². The Hall–Kier alpha value is -0.130. The molecule has 1 saturated carbocycles. The van der Waals surface area contributed by atoms with Crippen LogP contribution in [0.25, 0.3) is 0 Å². The Labute approximate surface area is 98.2 Å². The third-order valence-corrected chi connectivity index (χ3v) is 5.27. The fraction of sp³-hybridized carbons (Fsp3) is 1.00. The van der Waals surface area contributed by atoms with E-state index in [-0.39, 0.29) is 0 Å². The molecular weight excluding hydrogens is 224 g/mol. The van der Waals surface area contributed by atoms with Crippen LogP contribution < -0.4 is 10.0 Å². The van der Waals surface area contributed by atoms with Gasteiger partial charge in [0.2, 0.25) is 10.0 Å². The number of hydrogen-bond donors (Lipinski definition) is 2. The first-order chi connectivity index (χ1) is 7.57. The third kappa shape index (κ3) is 3.71. The van der Waals surface area contributed by atoms with Gasteiger partial charge in [-0.15, -0.1) is 0 Å². The summed E-state index contributed by atoms with van der Waals surface area (Å²) in [5, 5.41) is 3.25. The van der Waals surface area contributed by atoms with E-state index in [1.54, 1.807) is 0 Å². The SMILES string of the molecule is CC1CC1CNS(=O)(=O)CC1CCNCC1. The minimum Gasteiger partial charge on any atom is -0.317 e. The maximum Gasteiger partial charge on any atom is 0.211 e. The molecule has 16 heavy (non-hydrogen) atoms. The third-order valence-electron chi connectivity index (χ3n) is 3.76. The molecule has 0 aromatic carbocycles. The first-order valence-corrected chi connectivity index (χ1v) is 7.90. The summed E-state index contributed by atoms with van der Waals surface area (Å²) in [6.45, 7) is 4.74. The Kier molecular flexibility index (Phi) is 3.87. The number of piperidine rings is 1. The fourth-order valence-electron chi connectivity index (χ4n) is 2.34. The summed E-state index contributed by atoms with van der Waals surface area (Å²) in [6, 6.07) is 0. The van der Waals surface area contributed by atoms with Crippen LogP contribution in [0.5, 0.6) is 0 Å². The summed E-state index contributed by atoms with van der Waals surface area (Å²) in [5.41, 5.74) is 0. The lowest BCUT2D eigenvalue weighted by atomic mass is 10.0. The Morgan fingerprint density at radius 2 is 1.94 bits per heavy atom. The van der Waals surface area contributed by atoms with Crippen molar-refractivity contribution in [3.8, 4) is 0 Å². The van der Waals surface area contributed by atoms with Crippen molar-refractivity contribution in [3.63, 3.8) is 0 Å². The molecule has 0 spiro atoms. The van der Waals surface area contributed by atoms with E-state index in [1.165, 1.54) is 6.42 Å². The van der Waals surface area contributed by atoms with Gasteiger partial charge in [0, 0.05) is 6.54 Å². The molecule has 94 valence electrons. The molecule has 1 aliphatic heterocycles. The molecule has 2 atom stereocenters. The molecule has 2 aliphatic rings. The van der Waals surface area contributed by atoms with Gasteiger partial charge in [-0.1, -0.05) is 6.92 Å². The molecule has 1 aliphatic carbocycles. The van der Waals surface area contributed by atoms with Crippen molar-refractivity contribution >= 4 is 10.0 Å². The van der Waals surface area contributed by atoms with Gasteiger partial charge in [0.25, 0.3) is 0 Å². The van der Waals surface area contributed by atoms with Crippen LogP contribution in [0.1, 0.15) is 26.2 Å². The van der Waals surface area contributed by atoms with Crippen molar-refractivity contribution in [1.29, 1.82) is 0 Å². The van der Waals surface area contributed by atoms with Crippen molar-refractivity contribution in [1.82, 2.24) is 10.0 Å². The highest BCUT2D eigenvalue weighted by molar-refractivity contribution is 7.89. The van der Waals surface area contributed by atoms with Crippen LogP contribution in [0.15, 0.2) is 0 Å². The lowest BCUT2D eigenvalue weighted by Crippen LogP contribution is -2.36. The lowest BCUT2D eigenvalue weighted by molar-refractivity contribution is 0.400. The number of hydrogen-bond acceptors (Lipinski definition) is 3. The molecule has 0 radical (unpaired) electrons. The molecule has 2 unspecified atom stereocenters. The van der Waals surface area contributed by atoms with E-state index in [1.807, 2.05) is 0 Å². The molecule has 1 heterocycles. The second-order valence-corrected chi connectivity index (χ2v) is 7.15. The molecule has 2 rings (SSSR count). The van der Waals surface area contributed by atoms with E-state index in [4.69, 9.17) is 0 Å². The summed E-state index contributed by atoms with van der Waals surface area (Å²) in [7, 11) is -3.04. The normalized spacial score (nSPS) is 31.6. The van der Waals surface area contributed by atoms with Crippen molar-refractivity contribution in [3.05, 3.63) is 0 Å². The van der Waals surface area contributed by atoms with E-state index in [2.05, 4.69) is 17.0 Å². The lowest BCUT2D eigenvalue weighted by Gasteiger charge is -2.22. The van der Waals surface area contributed by atoms with E-state index in [0.29, 0.717) is 30.1 Å². The van der Waals surface area contributed by atoms with Crippen molar-refractivity contribution < 1.29 is 8.42 Å². The Morgan fingerprint density at radius 1 is 1.31 bits per heavy atom. The van der Waals surface area contributed by atoms with Gasteiger partial charge in [0.05, 0.1) is 5.75 Å². The smallest absolute Gasteiger partial charge is 0.211 e. The van der Waals surface area contributed by atoms with Crippen molar-refractivity contribution in [2.45, 2.75) is 26.2 Å². The summed E-state index contributed by atoms with van der Waals surface area (Å²) >= 11 is 0. The molecular formula is C11H22N2O2S. The first-order valence-electron chi connectivity index (χ1n) is 6.25. The minimum absolute atomic E-state index is 0.315. The summed E-state index contributed by atoms with van der Waals surface area (Å²) in [5.74, 6) is 1.95. The molecule has 0 bridgehead atoms. The molecule has 2 fully saturated rings. The van der Waals surface area contributed by atoms with Gasteiger partial charge < -0.3 is 5.32 Å². The molecule has 1 saturated heterocycles. The Morgan fingerprint density at radius 3 is 2.50 bits per heavy atom. The van der Waals surface area contributed by atoms with E-state index < -0.39 is 10.0 Å². The van der Waals surface area contributed by atoms with E-state index in [9.17, 15) is 8.42 Å². The maximum absolute atomic E-state index is 11.8. The minimum atomic E-state index is -3.04. The zero-order chi connectivity index (χ0) is 11.6. The highest BCUT2D eigenvalue weighted by Crippen LogP contribution is 2.36. The van der Waals surface area contributed by atoms with Crippen molar-refractivity contribution in [2.75, 3.05) is 25.4 Å². The summed E-state index contributed by atoms with van der Waals surface area (Å²) < 4.78 is 26.4. The van der Waals surface area contributed by atoms with Crippen LogP contribution in [0.2, 0.25) is 0 Å². The van der Waals surface area contributed by atoms with Gasteiger partial charge in [0.15, 0.2) is 0 Å².